The molecule has 6 heterocycles. The van der Waals surface area contributed by atoms with Crippen molar-refractivity contribution in [2.24, 2.45) is 14.1 Å². The molecule has 0 radical (unpaired) electrons. The van der Waals surface area contributed by atoms with Gasteiger partial charge in [-0.15, -0.1) is 0 Å². The molecule has 20 heteroatoms. The lowest BCUT2D eigenvalue weighted by atomic mass is 10.1. The molecule has 17 nitrogen and oxygen atoms in total. The zero-order valence-electron chi connectivity index (χ0n) is 35.4. The number of nitrogens with zero attached hydrogens (tertiary/aromatic N) is 9. The third-order valence-corrected chi connectivity index (χ3v) is 12.3. The van der Waals surface area contributed by atoms with Crippen LogP contribution in [-0.2, 0) is 25.6 Å². The van der Waals surface area contributed by atoms with Crippen LogP contribution in [-0.4, -0.2) is 111 Å². The van der Waals surface area contributed by atoms with Crippen molar-refractivity contribution < 1.29 is 24.5 Å². The zero-order valence-corrected chi connectivity index (χ0v) is 37.9. The van der Waals surface area contributed by atoms with Crippen molar-refractivity contribution in [2.75, 3.05) is 19.8 Å². The number of rotatable bonds is 13. The van der Waals surface area contributed by atoms with Crippen molar-refractivity contribution in [1.29, 1.82) is 0 Å². The van der Waals surface area contributed by atoms with E-state index in [1.54, 1.807) is 58.6 Å². The maximum absolute atomic E-state index is 13.0. The predicted molar refractivity (Wildman–Crippen MR) is 243 cm³/mol. The van der Waals surface area contributed by atoms with Gasteiger partial charge in [0.1, 0.15) is 40.5 Å². The monoisotopic (exact) mass is 898 g/mol. The van der Waals surface area contributed by atoms with E-state index in [2.05, 4.69) is 60.4 Å². The van der Waals surface area contributed by atoms with Gasteiger partial charge in [0.15, 0.2) is 11.3 Å². The summed E-state index contributed by atoms with van der Waals surface area (Å²) in [5.74, 6) is -0.659. The first-order chi connectivity index (χ1) is 29.5. The first-order valence-corrected chi connectivity index (χ1v) is 24.4. The number of carbonyl (C=O) groups excluding carboxylic acids is 2. The van der Waals surface area contributed by atoms with Crippen LogP contribution in [0, 0.1) is 0 Å². The highest BCUT2D eigenvalue weighted by Crippen LogP contribution is 2.31. The molecule has 2 amide bonds. The van der Waals surface area contributed by atoms with Gasteiger partial charge in [-0.05, 0) is 56.3 Å². The molecule has 6 aromatic heterocycles. The summed E-state index contributed by atoms with van der Waals surface area (Å²) < 4.78 is 11.2. The molecule has 324 valence electrons. The van der Waals surface area contributed by atoms with Gasteiger partial charge in [-0.25, -0.2) is 19.9 Å². The van der Waals surface area contributed by atoms with Gasteiger partial charge < -0.3 is 35.1 Å². The number of hydrogen-bond donors (Lipinski definition) is 5. The van der Waals surface area contributed by atoms with Gasteiger partial charge in [0.25, 0.3) is 11.8 Å². The molecule has 2 atom stereocenters. The van der Waals surface area contributed by atoms with E-state index in [9.17, 15) is 14.7 Å². The minimum atomic E-state index is -1.22. The fraction of sp³-hybridized carbons (Fsp3) is 0.333. The Labute approximate surface area is 367 Å². The number of fused-ring (bicyclic) bond motifs is 4. The number of aromatic amines is 1. The summed E-state index contributed by atoms with van der Waals surface area (Å²) in [5, 5.41) is 36.2. The van der Waals surface area contributed by atoms with E-state index in [1.165, 1.54) is 0 Å². The molecule has 5 N–H and O–H groups in total. The quantitative estimate of drug-likeness (QED) is 0.0636. The summed E-state index contributed by atoms with van der Waals surface area (Å²) in [4.78, 5) is 46.9. The molecule has 0 aliphatic heterocycles. The van der Waals surface area contributed by atoms with Crippen molar-refractivity contribution >= 4 is 87.2 Å². The lowest BCUT2D eigenvalue weighted by Crippen LogP contribution is -2.35. The number of ether oxygens (including phenoxy) is 1. The van der Waals surface area contributed by atoms with Crippen molar-refractivity contribution in [2.45, 2.75) is 58.3 Å². The molecule has 0 saturated heterocycles. The van der Waals surface area contributed by atoms with Gasteiger partial charge in [0.05, 0.1) is 47.8 Å². The summed E-state index contributed by atoms with van der Waals surface area (Å²) in [6.07, 6.45) is 6.55. The molecule has 0 fully saturated rings. The van der Waals surface area contributed by atoms with Crippen LogP contribution in [0.4, 0.5) is 0 Å². The number of carbonyl (C=O) groups is 2. The molecule has 0 aliphatic rings. The Morgan fingerprint density at radius 2 is 1.34 bits per heavy atom. The molecule has 0 bridgehead atoms. The molecule has 0 spiro atoms. The fourth-order valence-corrected chi connectivity index (χ4v) is 7.77. The average molecular weight is 900 g/mol. The molecule has 0 unspecified atom stereocenters. The van der Waals surface area contributed by atoms with E-state index in [-0.39, 0.29) is 37.8 Å². The van der Waals surface area contributed by atoms with Crippen LogP contribution in [0.5, 0.6) is 0 Å². The molecular weight excluding hydrogens is 852 g/mol. The maximum atomic E-state index is 13.0. The van der Waals surface area contributed by atoms with E-state index in [1.807, 2.05) is 44.4 Å². The Bertz CT molecular complexity index is 2940. The SMILES string of the molecule is C[C@H](CO)NC(=O)c1c[nH]c2ncc(-c3nn(C)c4cc(Cl)ccc34)nc12.C[C@H](CO)NC(=O)c1cn(COCC[Si](C)(C)C)c2ncc(-c3nn(C)c4cc(Cl)ccc34)nc12. The van der Waals surface area contributed by atoms with E-state index in [4.69, 9.17) is 38.0 Å². The van der Waals surface area contributed by atoms with Gasteiger partial charge in [-0.3, -0.25) is 19.0 Å². The smallest absolute Gasteiger partial charge is 0.255 e. The topological polar surface area (TPSA) is 216 Å². The zero-order chi connectivity index (χ0) is 44.5. The van der Waals surface area contributed by atoms with E-state index < -0.39 is 14.1 Å². The standard InChI is InChI=1S/C24H31ClN6O3Si.C18H17ClN6O2/c1-15(13-32)27-24(33)18-12-31(14-34-8-9-35(3,4)5)23-22(18)28-19(11-26-23)21-17-7-6-16(25)10-20(17)30(2)29-21;1-9(8-26)22-18(27)12-6-20-17-16(12)23-13(7-21-17)15-11-4-3-10(19)5-14(11)25(2)24-15/h6-7,10-12,15,32H,8-9,13-14H2,1-5H3,(H,27,33);3-7,9,26H,8H2,1-2H3,(H,20,21)(H,22,27)/t15-;9-/m11/s1. The van der Waals surface area contributed by atoms with Crippen LogP contribution in [0.1, 0.15) is 34.6 Å². The van der Waals surface area contributed by atoms with E-state index in [0.717, 1.165) is 27.8 Å². The number of H-pyrrole nitrogens is 1. The van der Waals surface area contributed by atoms with Crippen LogP contribution >= 0.6 is 23.2 Å². The highest BCUT2D eigenvalue weighted by molar-refractivity contribution is 6.76. The number of nitrogens with one attached hydrogen (secondary N) is 3. The van der Waals surface area contributed by atoms with Gasteiger partial charge in [0.2, 0.25) is 0 Å². The second-order valence-electron chi connectivity index (χ2n) is 16.3. The van der Waals surface area contributed by atoms with E-state index in [0.29, 0.717) is 72.9 Å². The van der Waals surface area contributed by atoms with E-state index >= 15 is 0 Å². The van der Waals surface area contributed by atoms with Gasteiger partial charge in [-0.1, -0.05) is 42.8 Å². The lowest BCUT2D eigenvalue weighted by Gasteiger charge is -2.15. The number of aryl methyl sites for hydroxylation is 2. The largest absolute Gasteiger partial charge is 0.394 e. The van der Waals surface area contributed by atoms with Gasteiger partial charge >= 0.3 is 0 Å². The molecule has 0 aliphatic carbocycles. The Morgan fingerprint density at radius 3 is 1.89 bits per heavy atom. The highest BCUT2D eigenvalue weighted by Gasteiger charge is 2.23. The maximum Gasteiger partial charge on any atom is 0.255 e. The summed E-state index contributed by atoms with van der Waals surface area (Å²) in [5.41, 5.74) is 6.85. The normalized spacial score (nSPS) is 12.8. The van der Waals surface area contributed by atoms with Crippen LogP contribution in [0.25, 0.3) is 66.9 Å². The minimum absolute atomic E-state index is 0.145. The van der Waals surface area contributed by atoms with Gasteiger partial charge in [0, 0.05) is 74.1 Å². The Balaban J connectivity index is 0.000000192. The number of aliphatic hydroxyl groups is 2. The van der Waals surface area contributed by atoms with Crippen molar-refractivity contribution in [3.63, 3.8) is 0 Å². The predicted octanol–water partition coefficient (Wildman–Crippen LogP) is 6.34. The number of aliphatic hydroxyl groups excluding tert-OH is 2. The molecule has 8 aromatic rings. The average Bonchev–Trinajstić information content (AvgIpc) is 4.00. The van der Waals surface area contributed by atoms with Crippen molar-refractivity contribution in [1.82, 2.24) is 59.7 Å². The molecule has 2 aromatic carbocycles. The fourth-order valence-electron chi connectivity index (χ4n) is 6.68. The molecule has 8 rings (SSSR count). The van der Waals surface area contributed by atoms with Crippen LogP contribution < -0.4 is 10.6 Å². The highest BCUT2D eigenvalue weighted by atomic mass is 35.5. The summed E-state index contributed by atoms with van der Waals surface area (Å²) >= 11 is 12.3. The number of aromatic nitrogens is 10. The first-order valence-electron chi connectivity index (χ1n) is 19.9. The number of amides is 2. The Morgan fingerprint density at radius 1 is 0.806 bits per heavy atom. The lowest BCUT2D eigenvalue weighted by molar-refractivity contribution is 0.0885. The molecular formula is C42H48Cl2N12O5Si. The van der Waals surface area contributed by atoms with Gasteiger partial charge in [-0.2, -0.15) is 10.2 Å². The molecule has 0 saturated carbocycles. The van der Waals surface area contributed by atoms with Crippen LogP contribution in [0.15, 0.2) is 61.2 Å². The second-order valence-corrected chi connectivity index (χ2v) is 22.8. The third-order valence-electron chi connectivity index (χ3n) is 10.1. The second kappa shape index (κ2) is 18.3. The number of benzene rings is 2. The first kappa shape index (κ1) is 44.3. The van der Waals surface area contributed by atoms with Crippen LogP contribution in [0.3, 0.4) is 0 Å². The summed E-state index contributed by atoms with van der Waals surface area (Å²) in [6.45, 7) is 11.0. The third kappa shape index (κ3) is 9.49. The summed E-state index contributed by atoms with van der Waals surface area (Å²) in [6, 6.07) is 11.4. The van der Waals surface area contributed by atoms with Crippen molar-refractivity contribution in [3.05, 3.63) is 82.4 Å². The van der Waals surface area contributed by atoms with Crippen molar-refractivity contribution in [3.8, 4) is 22.8 Å². The Kier molecular flexibility index (Phi) is 13.1. The Hall–Kier alpha value is -5.76. The van der Waals surface area contributed by atoms with Crippen LogP contribution in [0.2, 0.25) is 35.7 Å². The molecule has 62 heavy (non-hydrogen) atoms. The minimum Gasteiger partial charge on any atom is -0.394 e. The number of hydrogen-bond acceptors (Lipinski definition) is 11. The number of halogens is 2. The summed E-state index contributed by atoms with van der Waals surface area (Å²) in [7, 11) is 2.46.